The zero-order valence-electron chi connectivity index (χ0n) is 15.5. The van der Waals surface area contributed by atoms with Gasteiger partial charge in [0.25, 0.3) is 5.56 Å². The van der Waals surface area contributed by atoms with Crippen molar-refractivity contribution >= 4 is 34.0 Å². The van der Waals surface area contributed by atoms with Gasteiger partial charge in [-0.15, -0.1) is 26.6 Å². The van der Waals surface area contributed by atoms with Crippen LogP contribution in [0.3, 0.4) is 0 Å². The molecule has 1 fully saturated rings. The maximum Gasteiger partial charge on any atom is 0.278 e. The molecule has 4 aromatic rings. The molecule has 0 N–H and O–H groups in total. The number of hydrogen-bond acceptors (Lipinski definition) is 8. The Hall–Kier alpha value is -2.56. The summed E-state index contributed by atoms with van der Waals surface area (Å²) in [4.78, 5) is 13.8. The van der Waals surface area contributed by atoms with Gasteiger partial charge in [0.1, 0.15) is 5.52 Å². The van der Waals surface area contributed by atoms with E-state index in [4.69, 9.17) is 4.74 Å². The van der Waals surface area contributed by atoms with E-state index in [2.05, 4.69) is 25.1 Å². The summed E-state index contributed by atoms with van der Waals surface area (Å²) in [6.07, 6.45) is 2.26. The van der Waals surface area contributed by atoms with Crippen molar-refractivity contribution in [2.75, 3.05) is 6.61 Å². The van der Waals surface area contributed by atoms with Crippen LogP contribution < -0.4 is 5.56 Å². The fourth-order valence-corrected chi connectivity index (χ4v) is 4.91. The fourth-order valence-electron chi connectivity index (χ4n) is 3.37. The van der Waals surface area contributed by atoms with E-state index < -0.39 is 0 Å². The minimum atomic E-state index is -0.160. The van der Waals surface area contributed by atoms with Gasteiger partial charge < -0.3 is 4.74 Å². The minimum Gasteiger partial charge on any atom is -0.376 e. The first kappa shape index (κ1) is 18.5. The maximum absolute atomic E-state index is 12.7. The van der Waals surface area contributed by atoms with Gasteiger partial charge >= 0.3 is 0 Å². The van der Waals surface area contributed by atoms with Crippen molar-refractivity contribution in [3.05, 3.63) is 52.1 Å². The molecule has 4 heterocycles. The number of thioether (sulfide) groups is 1. The Kier molecular flexibility index (Phi) is 5.13. The molecule has 148 valence electrons. The van der Waals surface area contributed by atoms with Gasteiger partial charge in [-0.3, -0.25) is 9.36 Å². The second kappa shape index (κ2) is 8.05. The number of rotatable bonds is 6. The quantitative estimate of drug-likeness (QED) is 0.438. The fraction of sp³-hybridized carbons (Fsp3) is 0.316. The Morgan fingerprint density at radius 3 is 2.93 bits per heavy atom. The molecule has 0 spiro atoms. The maximum atomic E-state index is 12.7. The smallest absolute Gasteiger partial charge is 0.278 e. The van der Waals surface area contributed by atoms with E-state index in [1.807, 2.05) is 29.6 Å². The van der Waals surface area contributed by atoms with E-state index in [0.29, 0.717) is 23.3 Å². The van der Waals surface area contributed by atoms with Gasteiger partial charge in [-0.1, -0.05) is 35.2 Å². The van der Waals surface area contributed by atoms with E-state index in [-0.39, 0.29) is 11.7 Å². The average Bonchev–Trinajstić information content (AvgIpc) is 3.51. The van der Waals surface area contributed by atoms with E-state index in [9.17, 15) is 4.79 Å². The number of ether oxygens (including phenoxy) is 1. The van der Waals surface area contributed by atoms with Crippen molar-refractivity contribution in [1.82, 2.24) is 29.8 Å². The topological polar surface area (TPSA) is 87.7 Å². The summed E-state index contributed by atoms with van der Waals surface area (Å²) in [5, 5.41) is 20.3. The Balaban J connectivity index is 1.43. The number of aromatic nitrogens is 6. The largest absolute Gasteiger partial charge is 0.376 e. The monoisotopic (exact) mass is 426 g/mol. The highest BCUT2D eigenvalue weighted by Gasteiger charge is 2.22. The third-order valence-corrected chi connectivity index (χ3v) is 6.61. The van der Waals surface area contributed by atoms with Crippen molar-refractivity contribution in [3.8, 4) is 10.7 Å². The lowest BCUT2D eigenvalue weighted by molar-refractivity contribution is 0.0953. The molecule has 0 radical (unpaired) electrons. The van der Waals surface area contributed by atoms with Gasteiger partial charge in [-0.25, -0.2) is 0 Å². The highest BCUT2D eigenvalue weighted by Crippen LogP contribution is 2.29. The molecule has 1 aliphatic heterocycles. The lowest BCUT2D eigenvalue weighted by Gasteiger charge is -2.14. The number of hydrogen-bond donors (Lipinski definition) is 0. The van der Waals surface area contributed by atoms with Crippen molar-refractivity contribution < 1.29 is 4.74 Å². The normalized spacial score (nSPS) is 16.6. The van der Waals surface area contributed by atoms with Gasteiger partial charge in [-0.2, -0.15) is 4.68 Å². The average molecular weight is 427 g/mol. The number of thiophene rings is 1. The Morgan fingerprint density at radius 2 is 2.10 bits per heavy atom. The molecule has 5 rings (SSSR count). The summed E-state index contributed by atoms with van der Waals surface area (Å²) in [6.45, 7) is 1.49. The molecule has 0 bridgehead atoms. The molecule has 29 heavy (non-hydrogen) atoms. The summed E-state index contributed by atoms with van der Waals surface area (Å²) in [7, 11) is 0. The highest BCUT2D eigenvalue weighted by atomic mass is 32.2. The van der Waals surface area contributed by atoms with Crippen molar-refractivity contribution in [3.63, 3.8) is 0 Å². The van der Waals surface area contributed by atoms with E-state index in [1.165, 1.54) is 16.4 Å². The van der Waals surface area contributed by atoms with Crippen LogP contribution in [0.2, 0.25) is 0 Å². The van der Waals surface area contributed by atoms with Crippen LogP contribution in [0.4, 0.5) is 0 Å². The van der Waals surface area contributed by atoms with Crippen LogP contribution in [0.5, 0.6) is 0 Å². The Morgan fingerprint density at radius 1 is 1.17 bits per heavy atom. The van der Waals surface area contributed by atoms with Crippen molar-refractivity contribution in [2.24, 2.45) is 0 Å². The Labute approximate surface area is 174 Å². The van der Waals surface area contributed by atoms with Gasteiger partial charge in [0.15, 0.2) is 11.0 Å². The third-order valence-electron chi connectivity index (χ3n) is 4.81. The molecule has 10 heteroatoms. The van der Waals surface area contributed by atoms with Crippen molar-refractivity contribution in [1.29, 1.82) is 0 Å². The molecule has 0 saturated carbocycles. The van der Waals surface area contributed by atoms with E-state index >= 15 is 0 Å². The standard InChI is InChI=1S/C19H18N6O2S2/c26-18-14-6-1-2-7-15(14)20-23-25(18)12-29-19-22-21-17(16-8-4-10-28-16)24(19)11-13-5-3-9-27-13/h1-2,4,6-8,10,13H,3,5,9,11-12H2. The van der Waals surface area contributed by atoms with E-state index in [1.54, 1.807) is 23.5 Å². The summed E-state index contributed by atoms with van der Waals surface area (Å²) in [6, 6.07) is 11.3. The van der Waals surface area contributed by atoms with Crippen LogP contribution >= 0.6 is 23.1 Å². The lowest BCUT2D eigenvalue weighted by atomic mass is 10.2. The first-order valence-electron chi connectivity index (χ1n) is 9.33. The summed E-state index contributed by atoms with van der Waals surface area (Å²) in [5.41, 5.74) is 0.437. The Bertz CT molecular complexity index is 1180. The summed E-state index contributed by atoms with van der Waals surface area (Å²) < 4.78 is 9.28. The van der Waals surface area contributed by atoms with Gasteiger partial charge in [0.2, 0.25) is 0 Å². The predicted octanol–water partition coefficient (Wildman–Crippen LogP) is 3.04. The molecule has 1 aromatic carbocycles. The molecule has 1 aliphatic rings. The number of fused-ring (bicyclic) bond motifs is 1. The summed E-state index contributed by atoms with van der Waals surface area (Å²) in [5.74, 6) is 1.14. The van der Waals surface area contributed by atoms with E-state index in [0.717, 1.165) is 35.3 Å². The SMILES string of the molecule is O=c1c2ccccc2nnn1CSc1nnc(-c2cccs2)n1CC1CCCO1. The molecule has 8 nitrogen and oxygen atoms in total. The molecular formula is C19H18N6O2S2. The van der Waals surface area contributed by atoms with Gasteiger partial charge in [0, 0.05) is 6.61 Å². The first-order chi connectivity index (χ1) is 14.3. The zero-order chi connectivity index (χ0) is 19.6. The van der Waals surface area contributed by atoms with Crippen LogP contribution in [-0.4, -0.2) is 42.5 Å². The van der Waals surface area contributed by atoms with Gasteiger partial charge in [-0.05, 0) is 36.4 Å². The lowest BCUT2D eigenvalue weighted by Crippen LogP contribution is -2.23. The van der Waals surface area contributed by atoms with Crippen LogP contribution in [0.1, 0.15) is 12.8 Å². The van der Waals surface area contributed by atoms with Crippen LogP contribution in [0.15, 0.2) is 51.7 Å². The second-order valence-corrected chi connectivity index (χ2v) is 8.57. The minimum absolute atomic E-state index is 0.159. The highest BCUT2D eigenvalue weighted by molar-refractivity contribution is 7.98. The number of nitrogens with zero attached hydrogens (tertiary/aromatic N) is 6. The molecule has 0 aliphatic carbocycles. The van der Waals surface area contributed by atoms with Crippen molar-refractivity contribution in [2.45, 2.75) is 36.5 Å². The molecule has 3 aromatic heterocycles. The molecule has 1 atom stereocenters. The second-order valence-electron chi connectivity index (χ2n) is 6.71. The van der Waals surface area contributed by atoms with Gasteiger partial charge in [0.05, 0.1) is 28.8 Å². The molecule has 1 saturated heterocycles. The zero-order valence-corrected chi connectivity index (χ0v) is 17.1. The molecule has 1 unspecified atom stereocenters. The molecular weight excluding hydrogens is 408 g/mol. The van der Waals surface area contributed by atoms with Crippen LogP contribution in [0.25, 0.3) is 21.6 Å². The van der Waals surface area contributed by atoms with Crippen LogP contribution in [-0.2, 0) is 17.2 Å². The number of benzene rings is 1. The van der Waals surface area contributed by atoms with Crippen LogP contribution in [0, 0.1) is 0 Å². The molecule has 0 amide bonds. The first-order valence-corrected chi connectivity index (χ1v) is 11.2. The third kappa shape index (κ3) is 3.70. The summed E-state index contributed by atoms with van der Waals surface area (Å²) >= 11 is 3.05. The predicted molar refractivity (Wildman–Crippen MR) is 112 cm³/mol.